The van der Waals surface area contributed by atoms with Gasteiger partial charge >= 0.3 is 0 Å². The Morgan fingerprint density at radius 3 is 2.77 bits per heavy atom. The summed E-state index contributed by atoms with van der Waals surface area (Å²) in [7, 11) is 0. The van der Waals surface area contributed by atoms with Gasteiger partial charge in [-0.1, -0.05) is 17.7 Å². The van der Waals surface area contributed by atoms with Crippen LogP contribution < -0.4 is 10.6 Å². The first-order chi connectivity index (χ1) is 12.6. The number of anilines is 3. The maximum Gasteiger partial charge on any atom is 0.225 e. The normalized spacial score (nSPS) is 11.8. The van der Waals surface area contributed by atoms with Gasteiger partial charge in [-0.2, -0.15) is 4.98 Å². The summed E-state index contributed by atoms with van der Waals surface area (Å²) in [5.41, 5.74) is 1.50. The fourth-order valence-corrected chi connectivity index (χ4v) is 2.46. The minimum Gasteiger partial charge on any atom is -0.394 e. The number of benzene rings is 1. The molecule has 1 aromatic carbocycles. The summed E-state index contributed by atoms with van der Waals surface area (Å²) < 4.78 is 14.1. The first-order valence-corrected chi connectivity index (χ1v) is 8.32. The minimum atomic E-state index is -0.489. The van der Waals surface area contributed by atoms with Crippen LogP contribution in [0.15, 0.2) is 48.8 Å². The number of halogens is 2. The third kappa shape index (κ3) is 4.25. The van der Waals surface area contributed by atoms with Gasteiger partial charge < -0.3 is 15.7 Å². The number of hydrogen-bond donors (Lipinski definition) is 3. The number of nitrogens with zero attached hydrogens (tertiary/aromatic N) is 3. The molecule has 0 aliphatic rings. The van der Waals surface area contributed by atoms with E-state index in [0.29, 0.717) is 17.5 Å². The Labute approximate surface area is 155 Å². The van der Waals surface area contributed by atoms with Crippen LogP contribution in [0.25, 0.3) is 11.3 Å². The van der Waals surface area contributed by atoms with Gasteiger partial charge in [-0.3, -0.25) is 4.98 Å². The maximum absolute atomic E-state index is 14.1. The molecular weight excluding hydrogens is 357 g/mol. The minimum absolute atomic E-state index is 0.0810. The van der Waals surface area contributed by atoms with Gasteiger partial charge in [0, 0.05) is 30.1 Å². The van der Waals surface area contributed by atoms with Crippen molar-refractivity contribution in [3.8, 4) is 11.3 Å². The van der Waals surface area contributed by atoms with E-state index in [2.05, 4.69) is 25.6 Å². The van der Waals surface area contributed by atoms with Crippen molar-refractivity contribution < 1.29 is 9.50 Å². The number of para-hydroxylation sites is 1. The van der Waals surface area contributed by atoms with E-state index in [-0.39, 0.29) is 23.4 Å². The predicted octanol–water partition coefficient (Wildman–Crippen LogP) is 3.87. The molecule has 0 aliphatic carbocycles. The van der Waals surface area contributed by atoms with Crippen molar-refractivity contribution in [3.05, 3.63) is 59.6 Å². The number of aliphatic hydroxyl groups is 1. The molecule has 0 aliphatic heterocycles. The molecule has 8 heteroatoms. The Hall–Kier alpha value is -2.77. The van der Waals surface area contributed by atoms with E-state index < -0.39 is 5.82 Å². The zero-order chi connectivity index (χ0) is 18.5. The summed E-state index contributed by atoms with van der Waals surface area (Å²) >= 11 is 6.08. The summed E-state index contributed by atoms with van der Waals surface area (Å²) in [6, 6.07) is 9.50. The Kier molecular flexibility index (Phi) is 5.60. The van der Waals surface area contributed by atoms with Crippen LogP contribution in [0.4, 0.5) is 21.8 Å². The van der Waals surface area contributed by atoms with Crippen molar-refractivity contribution >= 4 is 29.1 Å². The van der Waals surface area contributed by atoms with E-state index in [0.717, 1.165) is 5.56 Å². The Bertz CT molecular complexity index is 874. The van der Waals surface area contributed by atoms with Gasteiger partial charge in [-0.05, 0) is 31.2 Å². The van der Waals surface area contributed by atoms with Crippen LogP contribution in [0.5, 0.6) is 0 Å². The molecule has 134 valence electrons. The van der Waals surface area contributed by atoms with Crippen molar-refractivity contribution in [2.75, 3.05) is 17.2 Å². The van der Waals surface area contributed by atoms with E-state index in [1.165, 1.54) is 12.1 Å². The predicted molar refractivity (Wildman–Crippen MR) is 100 cm³/mol. The topological polar surface area (TPSA) is 83.0 Å². The fraction of sp³-hybridized carbons (Fsp3) is 0.167. The van der Waals surface area contributed by atoms with Crippen LogP contribution >= 0.6 is 11.6 Å². The van der Waals surface area contributed by atoms with Crippen molar-refractivity contribution in [1.29, 1.82) is 0 Å². The lowest BCUT2D eigenvalue weighted by atomic mass is 10.2. The van der Waals surface area contributed by atoms with E-state index in [4.69, 9.17) is 11.6 Å². The van der Waals surface area contributed by atoms with E-state index in [9.17, 15) is 9.50 Å². The van der Waals surface area contributed by atoms with Crippen molar-refractivity contribution in [2.24, 2.45) is 0 Å². The van der Waals surface area contributed by atoms with Crippen molar-refractivity contribution in [3.63, 3.8) is 0 Å². The van der Waals surface area contributed by atoms with Crippen molar-refractivity contribution in [2.45, 2.75) is 13.0 Å². The van der Waals surface area contributed by atoms with Gasteiger partial charge in [0.1, 0.15) is 11.6 Å². The zero-order valence-corrected chi connectivity index (χ0v) is 14.7. The quantitative estimate of drug-likeness (QED) is 0.608. The highest BCUT2D eigenvalue weighted by Gasteiger charge is 2.12. The highest BCUT2D eigenvalue weighted by atomic mass is 35.5. The molecule has 3 N–H and O–H groups in total. The molecule has 2 aromatic heterocycles. The molecule has 0 amide bonds. The van der Waals surface area contributed by atoms with Crippen LogP contribution in [-0.2, 0) is 0 Å². The highest BCUT2D eigenvalue weighted by molar-refractivity contribution is 6.33. The standard InChI is InChI=1S/C18H17ClFN5O/c1-11(10-26)22-18-23-15(12-4-3-7-21-9-12)8-16(25-18)24-17-13(19)5-2-6-14(17)20/h2-9,11,26H,10H2,1H3,(H2,22,23,24,25)/t11-/m0/s1. The SMILES string of the molecule is C[C@@H](CO)Nc1nc(Nc2c(F)cccc2Cl)cc(-c2cccnc2)n1. The zero-order valence-electron chi connectivity index (χ0n) is 13.9. The summed E-state index contributed by atoms with van der Waals surface area (Å²) in [5, 5.41) is 15.4. The maximum atomic E-state index is 14.1. The lowest BCUT2D eigenvalue weighted by molar-refractivity contribution is 0.281. The lowest BCUT2D eigenvalue weighted by Crippen LogP contribution is -2.21. The first kappa shape index (κ1) is 18.0. The number of aliphatic hydroxyl groups excluding tert-OH is 1. The number of pyridine rings is 1. The third-order valence-corrected chi connectivity index (χ3v) is 3.86. The van der Waals surface area contributed by atoms with Gasteiger partial charge in [0.2, 0.25) is 5.95 Å². The fourth-order valence-electron chi connectivity index (χ4n) is 2.25. The number of nitrogens with one attached hydrogen (secondary N) is 2. The number of hydrogen-bond acceptors (Lipinski definition) is 6. The molecule has 6 nitrogen and oxygen atoms in total. The molecule has 1 atom stereocenters. The van der Waals surface area contributed by atoms with E-state index >= 15 is 0 Å². The molecule has 0 unspecified atom stereocenters. The molecule has 0 saturated heterocycles. The second kappa shape index (κ2) is 8.07. The number of aromatic nitrogens is 3. The molecule has 0 fully saturated rings. The molecule has 26 heavy (non-hydrogen) atoms. The highest BCUT2D eigenvalue weighted by Crippen LogP contribution is 2.29. The molecular formula is C18H17ClFN5O. The molecule has 0 spiro atoms. The third-order valence-electron chi connectivity index (χ3n) is 3.55. The molecule has 3 aromatic rings. The lowest BCUT2D eigenvalue weighted by Gasteiger charge is -2.15. The monoisotopic (exact) mass is 373 g/mol. The molecule has 2 heterocycles. The van der Waals surface area contributed by atoms with Gasteiger partial charge in [-0.15, -0.1) is 0 Å². The average molecular weight is 374 g/mol. The first-order valence-electron chi connectivity index (χ1n) is 7.94. The Balaban J connectivity index is 2.02. The van der Waals surface area contributed by atoms with Gasteiger partial charge in [0.15, 0.2) is 0 Å². The Morgan fingerprint density at radius 1 is 1.23 bits per heavy atom. The summed E-state index contributed by atoms with van der Waals surface area (Å²) in [6.45, 7) is 1.71. The van der Waals surface area contributed by atoms with Gasteiger partial charge in [0.25, 0.3) is 0 Å². The van der Waals surface area contributed by atoms with Gasteiger partial charge in [0.05, 0.1) is 23.0 Å². The van der Waals surface area contributed by atoms with Crippen LogP contribution in [0.1, 0.15) is 6.92 Å². The Morgan fingerprint density at radius 2 is 2.08 bits per heavy atom. The second-order valence-electron chi connectivity index (χ2n) is 5.65. The molecule has 0 radical (unpaired) electrons. The average Bonchev–Trinajstić information content (AvgIpc) is 2.65. The smallest absolute Gasteiger partial charge is 0.225 e. The summed E-state index contributed by atoms with van der Waals surface area (Å²) in [4.78, 5) is 12.9. The molecule has 0 saturated carbocycles. The molecule has 0 bridgehead atoms. The van der Waals surface area contributed by atoms with Crippen LogP contribution in [-0.4, -0.2) is 32.7 Å². The second-order valence-corrected chi connectivity index (χ2v) is 6.06. The summed E-state index contributed by atoms with van der Waals surface area (Å²) in [5.74, 6) is 0.165. The number of rotatable bonds is 6. The van der Waals surface area contributed by atoms with Crippen LogP contribution in [0, 0.1) is 5.82 Å². The largest absolute Gasteiger partial charge is 0.394 e. The van der Waals surface area contributed by atoms with E-state index in [1.807, 2.05) is 6.07 Å². The molecule has 3 rings (SSSR count). The van der Waals surface area contributed by atoms with Crippen LogP contribution in [0.3, 0.4) is 0 Å². The van der Waals surface area contributed by atoms with Gasteiger partial charge in [-0.25, -0.2) is 9.37 Å². The van der Waals surface area contributed by atoms with Crippen molar-refractivity contribution in [1.82, 2.24) is 15.0 Å². The summed E-state index contributed by atoms with van der Waals surface area (Å²) in [6.07, 6.45) is 3.33. The van der Waals surface area contributed by atoms with Crippen LogP contribution in [0.2, 0.25) is 5.02 Å². The van der Waals surface area contributed by atoms with E-state index in [1.54, 1.807) is 37.5 Å².